The number of methoxy groups -OCH3 is 1. The molecule has 0 aliphatic rings. The minimum atomic E-state index is -0.0607. The van der Waals surface area contributed by atoms with Gasteiger partial charge < -0.3 is 20.7 Å². The summed E-state index contributed by atoms with van der Waals surface area (Å²) < 4.78 is 5.09. The molecule has 130 valence electrons. The topological polar surface area (TPSA) is 74.8 Å². The van der Waals surface area contributed by atoms with E-state index in [4.69, 9.17) is 4.74 Å². The number of hydrogen-bond donors (Lipinski definition) is 3. The second-order valence-corrected chi connectivity index (χ2v) is 5.13. The van der Waals surface area contributed by atoms with Crippen molar-refractivity contribution in [3.8, 4) is 0 Å². The van der Waals surface area contributed by atoms with Crippen LogP contribution >= 0.6 is 24.0 Å². The molecule has 1 amide bonds. The molecule has 23 heavy (non-hydrogen) atoms. The van der Waals surface area contributed by atoms with Crippen LogP contribution in [-0.2, 0) is 16.0 Å². The van der Waals surface area contributed by atoms with Crippen molar-refractivity contribution < 1.29 is 9.53 Å². The van der Waals surface area contributed by atoms with Crippen LogP contribution in [0, 0.1) is 0 Å². The number of carbonyl (C=O) groups excluding carboxylic acids is 1. The molecular formula is C16H27IN4O2. The number of guanidine groups is 1. The number of anilines is 1. The molecule has 1 rings (SSSR count). The van der Waals surface area contributed by atoms with Gasteiger partial charge in [-0.15, -0.1) is 24.0 Å². The number of nitrogens with zero attached hydrogens (tertiary/aromatic N) is 1. The Bertz CT molecular complexity index is 491. The maximum absolute atomic E-state index is 11.0. The van der Waals surface area contributed by atoms with Gasteiger partial charge in [-0.3, -0.25) is 9.79 Å². The van der Waals surface area contributed by atoms with Crippen LogP contribution in [0.3, 0.4) is 0 Å². The number of aliphatic imine (C=N–C) groups is 1. The summed E-state index contributed by atoms with van der Waals surface area (Å²) in [6.07, 6.45) is 0.875. The first kappa shape index (κ1) is 21.6. The van der Waals surface area contributed by atoms with Crippen molar-refractivity contribution in [2.75, 3.05) is 32.6 Å². The second kappa shape index (κ2) is 12.1. The molecule has 1 unspecified atom stereocenters. The molecule has 3 N–H and O–H groups in total. The monoisotopic (exact) mass is 434 g/mol. The number of ether oxygens (including phenoxy) is 1. The van der Waals surface area contributed by atoms with Gasteiger partial charge >= 0.3 is 0 Å². The van der Waals surface area contributed by atoms with Gasteiger partial charge in [0.2, 0.25) is 5.91 Å². The number of rotatable bonds is 7. The zero-order valence-corrected chi connectivity index (χ0v) is 16.5. The highest BCUT2D eigenvalue weighted by Gasteiger charge is 2.04. The lowest BCUT2D eigenvalue weighted by Gasteiger charge is -2.17. The normalized spacial score (nSPS) is 12.1. The van der Waals surface area contributed by atoms with Crippen LogP contribution in [-0.4, -0.2) is 45.2 Å². The predicted molar refractivity (Wildman–Crippen MR) is 106 cm³/mol. The molecular weight excluding hydrogens is 407 g/mol. The van der Waals surface area contributed by atoms with Gasteiger partial charge in [0.15, 0.2) is 5.96 Å². The smallest absolute Gasteiger partial charge is 0.221 e. The Balaban J connectivity index is 0.00000484. The quantitative estimate of drug-likeness (QED) is 0.349. The maximum atomic E-state index is 11.0. The van der Waals surface area contributed by atoms with Crippen molar-refractivity contribution in [1.29, 1.82) is 0 Å². The minimum Gasteiger partial charge on any atom is -0.383 e. The van der Waals surface area contributed by atoms with Crippen molar-refractivity contribution >= 4 is 41.5 Å². The van der Waals surface area contributed by atoms with Crippen LogP contribution in [0.1, 0.15) is 19.4 Å². The minimum absolute atomic E-state index is 0. The summed E-state index contributed by atoms with van der Waals surface area (Å²) >= 11 is 0. The number of carbonyl (C=O) groups is 1. The maximum Gasteiger partial charge on any atom is 0.221 e. The molecule has 0 saturated carbocycles. The molecule has 0 fully saturated rings. The van der Waals surface area contributed by atoms with E-state index in [-0.39, 0.29) is 35.9 Å². The van der Waals surface area contributed by atoms with Crippen LogP contribution in [0.15, 0.2) is 29.3 Å². The molecule has 1 atom stereocenters. The molecule has 0 bridgehead atoms. The van der Waals surface area contributed by atoms with Crippen LogP contribution in [0.25, 0.3) is 0 Å². The zero-order chi connectivity index (χ0) is 16.4. The van der Waals surface area contributed by atoms with Gasteiger partial charge in [0.05, 0.1) is 6.61 Å². The Morgan fingerprint density at radius 2 is 1.96 bits per heavy atom. The van der Waals surface area contributed by atoms with Gasteiger partial charge in [0.25, 0.3) is 0 Å². The molecule has 7 heteroatoms. The predicted octanol–water partition coefficient (Wildman–Crippen LogP) is 2.01. The van der Waals surface area contributed by atoms with Crippen LogP contribution in [0.2, 0.25) is 0 Å². The molecule has 6 nitrogen and oxygen atoms in total. The summed E-state index contributed by atoms with van der Waals surface area (Å²) in [6.45, 7) is 4.95. The lowest BCUT2D eigenvalue weighted by atomic mass is 10.1. The molecule has 0 heterocycles. The van der Waals surface area contributed by atoms with Crippen LogP contribution < -0.4 is 16.0 Å². The van der Waals surface area contributed by atoms with E-state index in [1.165, 1.54) is 12.5 Å². The lowest BCUT2D eigenvalue weighted by Crippen LogP contribution is -2.44. The van der Waals surface area contributed by atoms with E-state index >= 15 is 0 Å². The standard InChI is InChI=1S/C16H26N4O2.HI/c1-12(11-22-4)19-16(17-3)18-10-9-14-5-7-15(8-6-14)20-13(2)21;/h5-8,12H,9-11H2,1-4H3,(H,20,21)(H2,17,18,19);1H. The summed E-state index contributed by atoms with van der Waals surface area (Å²) in [5.41, 5.74) is 2.01. The fourth-order valence-electron chi connectivity index (χ4n) is 2.00. The first-order valence-corrected chi connectivity index (χ1v) is 7.37. The number of halogens is 1. The van der Waals surface area contributed by atoms with Gasteiger partial charge in [0, 0.05) is 39.4 Å². The van der Waals surface area contributed by atoms with Crippen LogP contribution in [0.5, 0.6) is 0 Å². The molecule has 0 saturated heterocycles. The molecule has 0 radical (unpaired) electrons. The van der Waals surface area contributed by atoms with Gasteiger partial charge in [-0.05, 0) is 31.0 Å². The molecule has 1 aromatic carbocycles. The Morgan fingerprint density at radius 1 is 1.30 bits per heavy atom. The fourth-order valence-corrected chi connectivity index (χ4v) is 2.00. The third-order valence-corrected chi connectivity index (χ3v) is 3.00. The zero-order valence-electron chi connectivity index (χ0n) is 14.2. The van der Waals surface area contributed by atoms with Crippen molar-refractivity contribution in [3.63, 3.8) is 0 Å². The summed E-state index contributed by atoms with van der Waals surface area (Å²) in [7, 11) is 3.43. The van der Waals surface area contributed by atoms with Crippen LogP contribution in [0.4, 0.5) is 5.69 Å². The average Bonchev–Trinajstić information content (AvgIpc) is 2.47. The molecule has 0 spiro atoms. The second-order valence-electron chi connectivity index (χ2n) is 5.13. The van der Waals surface area contributed by atoms with Crippen molar-refractivity contribution in [2.45, 2.75) is 26.3 Å². The first-order chi connectivity index (χ1) is 10.5. The highest BCUT2D eigenvalue weighted by atomic mass is 127. The Kier molecular flexibility index (Phi) is 11.4. The summed E-state index contributed by atoms with van der Waals surface area (Å²) in [4.78, 5) is 15.1. The summed E-state index contributed by atoms with van der Waals surface area (Å²) in [5.74, 6) is 0.703. The molecule has 1 aromatic rings. The average molecular weight is 434 g/mol. The first-order valence-electron chi connectivity index (χ1n) is 7.37. The van der Waals surface area contributed by atoms with E-state index in [0.29, 0.717) is 6.61 Å². The van der Waals surface area contributed by atoms with E-state index in [2.05, 4.69) is 20.9 Å². The number of hydrogen-bond acceptors (Lipinski definition) is 3. The number of benzene rings is 1. The van der Waals surface area contributed by atoms with Gasteiger partial charge in [-0.1, -0.05) is 12.1 Å². The third-order valence-electron chi connectivity index (χ3n) is 3.00. The SMILES string of the molecule is CN=C(NCCc1ccc(NC(C)=O)cc1)NC(C)COC.I. The lowest BCUT2D eigenvalue weighted by molar-refractivity contribution is -0.114. The van der Waals surface area contributed by atoms with E-state index in [1.807, 2.05) is 31.2 Å². The van der Waals surface area contributed by atoms with Gasteiger partial charge in [-0.25, -0.2) is 0 Å². The van der Waals surface area contributed by atoms with E-state index in [0.717, 1.165) is 24.6 Å². The summed E-state index contributed by atoms with van der Waals surface area (Å²) in [6, 6.07) is 8.04. The van der Waals surface area contributed by atoms with Gasteiger partial charge in [-0.2, -0.15) is 0 Å². The number of amides is 1. The largest absolute Gasteiger partial charge is 0.383 e. The van der Waals surface area contributed by atoms with E-state index in [9.17, 15) is 4.79 Å². The van der Waals surface area contributed by atoms with E-state index in [1.54, 1.807) is 14.2 Å². The molecule has 0 aliphatic heterocycles. The molecule has 0 aliphatic carbocycles. The fraction of sp³-hybridized carbons (Fsp3) is 0.500. The highest BCUT2D eigenvalue weighted by Crippen LogP contribution is 2.09. The Labute approximate surface area is 155 Å². The summed E-state index contributed by atoms with van der Waals surface area (Å²) in [5, 5.41) is 9.27. The Hall–Kier alpha value is -1.35. The van der Waals surface area contributed by atoms with Crippen molar-refractivity contribution in [2.24, 2.45) is 4.99 Å². The van der Waals surface area contributed by atoms with Crippen molar-refractivity contribution in [3.05, 3.63) is 29.8 Å². The number of nitrogens with one attached hydrogen (secondary N) is 3. The van der Waals surface area contributed by atoms with Crippen molar-refractivity contribution in [1.82, 2.24) is 10.6 Å². The van der Waals surface area contributed by atoms with Gasteiger partial charge in [0.1, 0.15) is 0 Å². The third kappa shape index (κ3) is 9.39. The highest BCUT2D eigenvalue weighted by molar-refractivity contribution is 14.0. The van der Waals surface area contributed by atoms with E-state index < -0.39 is 0 Å². The Morgan fingerprint density at radius 3 is 2.48 bits per heavy atom. The molecule has 0 aromatic heterocycles.